The zero-order valence-corrected chi connectivity index (χ0v) is 27.7. The molecule has 5 heterocycles. The Morgan fingerprint density at radius 1 is 1.15 bits per heavy atom. The van der Waals surface area contributed by atoms with E-state index in [1.54, 1.807) is 24.4 Å². The minimum atomic E-state index is -1.88. The molecule has 5 aliphatic heterocycles. The van der Waals surface area contributed by atoms with Crippen LogP contribution in [-0.4, -0.2) is 108 Å². The number of quaternary nitrogens is 1. The smallest absolute Gasteiger partial charge is 0.311 e. The van der Waals surface area contributed by atoms with E-state index < -0.39 is 74.2 Å². The van der Waals surface area contributed by atoms with Crippen molar-refractivity contribution in [2.75, 3.05) is 27.1 Å². The average molecular weight is 727 g/mol. The third kappa shape index (κ3) is 6.54. The third-order valence-corrected chi connectivity index (χ3v) is 9.55. The molecule has 0 saturated carbocycles. The van der Waals surface area contributed by atoms with Gasteiger partial charge < -0.3 is 75.0 Å². The van der Waals surface area contributed by atoms with Crippen LogP contribution in [0, 0.1) is 0 Å². The standard InChI is InChI=1S/C34H38N4O14/c1-46-30-20(48-13-39)3-2-17-18-12-47-21-7-16(6-15(24(21)28(18)51-29(17)30)10-38-9-14-4-5-37-19(14)11-38)49-34-27(45)25(43)26(44)31(52-34)32(33(35)36)50-23(42)8-22(40)41/h2-7,9,18,25-28,31-34,39,43-45H,8,10-13,35-36H2,1H3,(H,40,41). The summed E-state index contributed by atoms with van der Waals surface area (Å²) in [6, 6.07) is 6.84. The molecular weight excluding hydrogens is 688 g/mol. The van der Waals surface area contributed by atoms with Crippen molar-refractivity contribution in [2.24, 2.45) is 16.5 Å². The average Bonchev–Trinajstić information content (AvgIpc) is 3.81. The fourth-order valence-electron chi connectivity index (χ4n) is 7.21. The normalized spacial score (nSPS) is 28.7. The van der Waals surface area contributed by atoms with Gasteiger partial charge in [0.2, 0.25) is 12.0 Å². The number of nitrogens with two attached hydrogens (primary N) is 2. The lowest BCUT2D eigenvalue weighted by molar-refractivity contribution is -0.848. The summed E-state index contributed by atoms with van der Waals surface area (Å²) in [5, 5.41) is 52.8. The van der Waals surface area contributed by atoms with Crippen LogP contribution in [0.1, 0.15) is 35.1 Å². The van der Waals surface area contributed by atoms with Crippen LogP contribution in [0.3, 0.4) is 0 Å². The number of fused-ring (bicyclic) bond motifs is 6. The molecule has 18 heteroatoms. The molecule has 1 fully saturated rings. The van der Waals surface area contributed by atoms with E-state index in [0.29, 0.717) is 36.1 Å². The summed E-state index contributed by atoms with van der Waals surface area (Å²) in [5.74, 6) is -1.57. The summed E-state index contributed by atoms with van der Waals surface area (Å²) in [5.41, 5.74) is 15.9. The molecule has 9 unspecified atom stereocenters. The maximum absolute atomic E-state index is 12.1. The van der Waals surface area contributed by atoms with Crippen LogP contribution in [-0.2, 0) is 25.6 Å². The lowest BCUT2D eigenvalue weighted by Gasteiger charge is -2.43. The van der Waals surface area contributed by atoms with Crippen molar-refractivity contribution in [3.8, 4) is 28.7 Å². The van der Waals surface area contributed by atoms with Crippen LogP contribution in [0.4, 0.5) is 0 Å². The van der Waals surface area contributed by atoms with Crippen molar-refractivity contribution >= 4 is 17.7 Å². The first-order chi connectivity index (χ1) is 25.0. The van der Waals surface area contributed by atoms with Gasteiger partial charge in [-0.15, -0.1) is 0 Å². The van der Waals surface area contributed by atoms with Crippen LogP contribution in [0.2, 0.25) is 0 Å². The van der Waals surface area contributed by atoms with Gasteiger partial charge in [-0.2, -0.15) is 0 Å². The van der Waals surface area contributed by atoms with Crippen LogP contribution in [0.25, 0.3) is 0 Å². The summed E-state index contributed by atoms with van der Waals surface area (Å²) in [7, 11) is 1.48. The Kier molecular flexibility index (Phi) is 9.81. The van der Waals surface area contributed by atoms with E-state index in [9.17, 15) is 35.1 Å². The van der Waals surface area contributed by atoms with Gasteiger partial charge in [0.15, 0.2) is 24.4 Å². The highest BCUT2D eigenvalue weighted by atomic mass is 16.7. The monoisotopic (exact) mass is 726 g/mol. The number of nitrogens with zero attached hydrogens (tertiary/aromatic N) is 1. The minimum absolute atomic E-state index is 0.150. The molecule has 18 nitrogen and oxygen atoms in total. The highest BCUT2D eigenvalue weighted by molar-refractivity contribution is 6.06. The molecule has 0 spiro atoms. The number of hydrogen-bond acceptors (Lipinski definition) is 17. The Morgan fingerprint density at radius 2 is 1.96 bits per heavy atom. The Hall–Kier alpha value is -4.79. The Labute approximate surface area is 296 Å². The van der Waals surface area contributed by atoms with Crippen LogP contribution >= 0.6 is 0 Å². The van der Waals surface area contributed by atoms with E-state index in [-0.39, 0.29) is 18.3 Å². The molecule has 0 radical (unpaired) electrons. The lowest BCUT2D eigenvalue weighted by atomic mass is 9.86. The number of allylic oxidation sites excluding steroid dienone is 1. The van der Waals surface area contributed by atoms with Crippen LogP contribution < -0.4 is 45.2 Å². The van der Waals surface area contributed by atoms with E-state index in [1.165, 1.54) is 7.11 Å². The summed E-state index contributed by atoms with van der Waals surface area (Å²) in [6.45, 7) is 0.692. The topological polar surface area (TPSA) is 272 Å². The number of esters is 1. The Balaban J connectivity index is 1.21. The SMILES string of the molecule is COc1c(OCO)ccc2c1OC1c3c(C[NH+]4C=C5C=CN=C5C4)cc(OC4OC(C(OC(=O)CC(=O)[O-])C(N)N)C(O)C(O)C4O)cc3OCC21. The molecule has 1 saturated heterocycles. The zero-order valence-electron chi connectivity index (χ0n) is 27.7. The van der Waals surface area contributed by atoms with E-state index in [4.69, 9.17) is 44.6 Å². The molecule has 7 rings (SSSR count). The van der Waals surface area contributed by atoms with Gasteiger partial charge in [-0.05, 0) is 18.2 Å². The number of carboxylic acid groups (broad SMARTS) is 1. The van der Waals surface area contributed by atoms with Crippen molar-refractivity contribution in [3.05, 3.63) is 65.0 Å². The van der Waals surface area contributed by atoms with E-state index in [2.05, 4.69) is 11.2 Å². The van der Waals surface area contributed by atoms with Crippen molar-refractivity contribution < 1.29 is 73.2 Å². The minimum Gasteiger partial charge on any atom is -0.550 e. The second-order valence-electron chi connectivity index (χ2n) is 12.9. The first kappa shape index (κ1) is 35.6. The van der Waals surface area contributed by atoms with Gasteiger partial charge in [-0.25, -0.2) is 0 Å². The molecule has 9 atom stereocenters. The van der Waals surface area contributed by atoms with E-state index in [0.717, 1.165) is 32.9 Å². The molecule has 9 N–H and O–H groups in total. The number of methoxy groups -OCH3 is 1. The number of aliphatic hydroxyl groups is 4. The van der Waals surface area contributed by atoms with E-state index in [1.807, 2.05) is 12.1 Å². The number of aliphatic carboxylic acids is 1. The van der Waals surface area contributed by atoms with Gasteiger partial charge in [0, 0.05) is 29.0 Å². The van der Waals surface area contributed by atoms with Gasteiger partial charge in [0.05, 0.1) is 43.8 Å². The molecular formula is C34H38N4O14. The number of aliphatic hydroxyl groups excluding tert-OH is 4. The number of carbonyl (C=O) groups excluding carboxylic acids is 2. The maximum Gasteiger partial charge on any atom is 0.311 e. The quantitative estimate of drug-likeness (QED) is 0.0632. The van der Waals surface area contributed by atoms with Crippen LogP contribution in [0.15, 0.2) is 53.3 Å². The van der Waals surface area contributed by atoms with Crippen molar-refractivity contribution in [1.82, 2.24) is 0 Å². The van der Waals surface area contributed by atoms with Crippen molar-refractivity contribution in [3.63, 3.8) is 0 Å². The Bertz CT molecular complexity index is 1830. The number of carboxylic acids is 1. The fraction of sp³-hybridized carbons (Fsp3) is 0.441. The second-order valence-corrected chi connectivity index (χ2v) is 12.9. The number of nitrogens with one attached hydrogen (secondary N) is 1. The lowest BCUT2D eigenvalue weighted by Crippen LogP contribution is -3.05. The molecule has 52 heavy (non-hydrogen) atoms. The summed E-state index contributed by atoms with van der Waals surface area (Å²) in [6.07, 6.45) is -7.92. The first-order valence-corrected chi connectivity index (χ1v) is 16.4. The summed E-state index contributed by atoms with van der Waals surface area (Å²) < 4.78 is 40.9. The van der Waals surface area contributed by atoms with Crippen LogP contribution in [0.5, 0.6) is 28.7 Å². The molecule has 0 aliphatic carbocycles. The first-order valence-electron chi connectivity index (χ1n) is 16.4. The third-order valence-electron chi connectivity index (χ3n) is 9.55. The van der Waals surface area contributed by atoms with Crippen molar-refractivity contribution in [2.45, 2.75) is 68.0 Å². The molecule has 2 aromatic rings. The highest BCUT2D eigenvalue weighted by Crippen LogP contribution is 2.57. The van der Waals surface area contributed by atoms with E-state index >= 15 is 0 Å². The number of carbonyl (C=O) groups is 2. The maximum atomic E-state index is 12.1. The molecule has 2 aromatic carbocycles. The number of benzene rings is 2. The second kappa shape index (κ2) is 14.3. The van der Waals surface area contributed by atoms with Gasteiger partial charge in [0.1, 0.15) is 67.0 Å². The Morgan fingerprint density at radius 3 is 2.67 bits per heavy atom. The predicted octanol–water partition coefficient (Wildman–Crippen LogP) is -3.63. The summed E-state index contributed by atoms with van der Waals surface area (Å²) in [4.78, 5) is 28.6. The van der Waals surface area contributed by atoms with Gasteiger partial charge in [-0.3, -0.25) is 14.7 Å². The van der Waals surface area contributed by atoms with Crippen molar-refractivity contribution in [1.29, 1.82) is 0 Å². The number of aliphatic imine (C=N–C) groups is 1. The molecule has 5 aliphatic rings. The number of rotatable bonds is 12. The molecule has 0 aromatic heterocycles. The predicted molar refractivity (Wildman–Crippen MR) is 172 cm³/mol. The number of hydrogen-bond donors (Lipinski definition) is 7. The molecule has 0 amide bonds. The molecule has 278 valence electrons. The zero-order chi connectivity index (χ0) is 36.8. The largest absolute Gasteiger partial charge is 0.550 e. The highest BCUT2D eigenvalue weighted by Gasteiger charge is 2.51. The fourth-order valence-corrected chi connectivity index (χ4v) is 7.21. The van der Waals surface area contributed by atoms with Gasteiger partial charge >= 0.3 is 5.97 Å². The molecule has 0 bridgehead atoms. The summed E-state index contributed by atoms with van der Waals surface area (Å²) >= 11 is 0. The number of ether oxygens (including phenoxy) is 7. The van der Waals surface area contributed by atoms with Gasteiger partial charge in [0.25, 0.3) is 0 Å². The van der Waals surface area contributed by atoms with Gasteiger partial charge in [-0.1, -0.05) is 6.07 Å².